The monoisotopic (exact) mass is 369 g/mol. The third-order valence-corrected chi connectivity index (χ3v) is 3.68. The quantitative estimate of drug-likeness (QED) is 0.826. The van der Waals surface area contributed by atoms with Crippen molar-refractivity contribution in [3.63, 3.8) is 0 Å². The van der Waals surface area contributed by atoms with E-state index in [1.165, 1.54) is 25.3 Å². The molecule has 2 rings (SSSR count). The molecule has 1 amide bonds. The van der Waals surface area contributed by atoms with Crippen LogP contribution in [0.1, 0.15) is 22.3 Å². The molecule has 0 spiro atoms. The largest absolute Gasteiger partial charge is 0.488 e. The molecule has 0 aliphatic carbocycles. The fraction of sp³-hybridized carbons (Fsp3) is 0.278. The van der Waals surface area contributed by atoms with Crippen molar-refractivity contribution in [1.29, 1.82) is 0 Å². The first kappa shape index (κ1) is 19.6. The molecule has 26 heavy (non-hydrogen) atoms. The Kier molecular flexibility index (Phi) is 6.10. The third-order valence-electron chi connectivity index (χ3n) is 3.68. The summed E-state index contributed by atoms with van der Waals surface area (Å²) in [6, 6.07) is 8.47. The second-order valence-electron chi connectivity index (χ2n) is 5.50. The van der Waals surface area contributed by atoms with Crippen LogP contribution in [0, 0.1) is 6.92 Å². The maximum atomic E-state index is 13.2. The van der Waals surface area contributed by atoms with Gasteiger partial charge >= 0.3 is 12.3 Å². The van der Waals surface area contributed by atoms with Crippen molar-refractivity contribution >= 4 is 11.8 Å². The first-order valence-electron chi connectivity index (χ1n) is 7.63. The first-order chi connectivity index (χ1) is 12.3. The maximum absolute atomic E-state index is 13.2. The summed E-state index contributed by atoms with van der Waals surface area (Å²) in [5.41, 5.74) is 0.618. The third kappa shape index (κ3) is 4.66. The topological polar surface area (TPSA) is 67.8 Å². The lowest BCUT2D eigenvalue weighted by atomic mass is 10.1. The molecular formula is C18H18F3NO4. The summed E-state index contributed by atoms with van der Waals surface area (Å²) in [5.74, 6) is -0.333. The molecule has 0 aliphatic heterocycles. The number of aliphatic hydroxyl groups is 1. The fourth-order valence-corrected chi connectivity index (χ4v) is 2.37. The van der Waals surface area contributed by atoms with Crippen molar-refractivity contribution < 1.29 is 32.5 Å². The zero-order chi connectivity index (χ0) is 19.3. The van der Waals surface area contributed by atoms with Gasteiger partial charge in [0.1, 0.15) is 12.4 Å². The number of rotatable bonds is 5. The summed E-state index contributed by atoms with van der Waals surface area (Å²) in [5, 5.41) is 11.9. The Hall–Kier alpha value is -2.74. The van der Waals surface area contributed by atoms with Gasteiger partial charge in [-0.3, -0.25) is 5.32 Å². The summed E-state index contributed by atoms with van der Waals surface area (Å²) in [7, 11) is 1.18. The minimum absolute atomic E-state index is 0.276. The van der Waals surface area contributed by atoms with E-state index < -0.39 is 17.8 Å². The van der Waals surface area contributed by atoms with E-state index in [0.29, 0.717) is 16.7 Å². The van der Waals surface area contributed by atoms with Crippen LogP contribution >= 0.6 is 0 Å². The van der Waals surface area contributed by atoms with Gasteiger partial charge in [0.25, 0.3) is 0 Å². The summed E-state index contributed by atoms with van der Waals surface area (Å²) in [6.45, 7) is 0.913. The molecule has 2 aromatic rings. The van der Waals surface area contributed by atoms with Gasteiger partial charge in [-0.15, -0.1) is 0 Å². The fourth-order valence-electron chi connectivity index (χ4n) is 2.37. The molecule has 140 valence electrons. The number of anilines is 1. The number of methoxy groups -OCH3 is 1. The lowest BCUT2D eigenvalue weighted by molar-refractivity contribution is -0.139. The summed E-state index contributed by atoms with van der Waals surface area (Å²) >= 11 is 0. The van der Waals surface area contributed by atoms with Gasteiger partial charge in [0.05, 0.1) is 25.0 Å². The molecule has 0 saturated heterocycles. The Morgan fingerprint density at radius 1 is 1.23 bits per heavy atom. The highest BCUT2D eigenvalue weighted by molar-refractivity contribution is 5.85. The minimum atomic E-state index is -4.56. The van der Waals surface area contributed by atoms with E-state index >= 15 is 0 Å². The highest BCUT2D eigenvalue weighted by atomic mass is 19.4. The average molecular weight is 369 g/mol. The highest BCUT2D eigenvalue weighted by Crippen LogP contribution is 2.37. The lowest BCUT2D eigenvalue weighted by Crippen LogP contribution is -2.15. The molecule has 2 N–H and O–H groups in total. The maximum Gasteiger partial charge on any atom is 0.419 e. The molecule has 0 radical (unpaired) electrons. The van der Waals surface area contributed by atoms with Crippen molar-refractivity contribution in [1.82, 2.24) is 0 Å². The molecule has 0 aliphatic rings. The molecule has 0 fully saturated rings. The average Bonchev–Trinajstić information content (AvgIpc) is 2.60. The number of aryl methyl sites for hydroxylation is 1. The number of amides is 1. The van der Waals surface area contributed by atoms with Gasteiger partial charge in [-0.2, -0.15) is 13.2 Å². The van der Waals surface area contributed by atoms with E-state index in [1.54, 1.807) is 19.1 Å². The minimum Gasteiger partial charge on any atom is -0.488 e. The predicted octanol–water partition coefficient (Wildman–Crippen LogP) is 4.26. The van der Waals surface area contributed by atoms with Crippen LogP contribution in [0.4, 0.5) is 23.7 Å². The Morgan fingerprint density at radius 2 is 1.96 bits per heavy atom. The molecule has 5 nitrogen and oxygen atoms in total. The lowest BCUT2D eigenvalue weighted by Gasteiger charge is -2.18. The number of nitrogens with one attached hydrogen (secondary N) is 1. The van der Waals surface area contributed by atoms with Gasteiger partial charge < -0.3 is 14.6 Å². The number of hydrogen-bond acceptors (Lipinski definition) is 4. The number of halogens is 3. The summed E-state index contributed by atoms with van der Waals surface area (Å²) in [6.07, 6.45) is -5.31. The van der Waals surface area contributed by atoms with Crippen molar-refractivity contribution in [2.45, 2.75) is 26.3 Å². The standard InChI is InChI=1S/C18H18F3NO4/c1-11-6-7-16(14(8-11)18(19,20)21)26-10-13-12(9-23)4-3-5-15(13)22-17(24)25-2/h3-8,23H,9-10H2,1-2H3,(H,22,24). The van der Waals surface area contributed by atoms with Crippen molar-refractivity contribution in [2.75, 3.05) is 12.4 Å². The molecule has 0 saturated carbocycles. The van der Waals surface area contributed by atoms with Crippen LogP contribution in [0.5, 0.6) is 5.75 Å². The molecule has 0 bridgehead atoms. The van der Waals surface area contributed by atoms with E-state index in [1.807, 2.05) is 0 Å². The van der Waals surface area contributed by atoms with E-state index in [0.717, 1.165) is 6.07 Å². The van der Waals surface area contributed by atoms with E-state index in [4.69, 9.17) is 4.74 Å². The molecule has 0 aromatic heterocycles. The predicted molar refractivity (Wildman–Crippen MR) is 88.9 cm³/mol. The Bertz CT molecular complexity index is 790. The van der Waals surface area contributed by atoms with Crippen LogP contribution in [-0.4, -0.2) is 18.3 Å². The van der Waals surface area contributed by atoms with Crippen LogP contribution in [-0.2, 0) is 24.1 Å². The number of aliphatic hydroxyl groups excluding tert-OH is 1. The number of alkyl halides is 3. The molecule has 0 atom stereocenters. The van der Waals surface area contributed by atoms with E-state index in [9.17, 15) is 23.1 Å². The van der Waals surface area contributed by atoms with Gasteiger partial charge in [-0.05, 0) is 30.7 Å². The SMILES string of the molecule is COC(=O)Nc1cccc(CO)c1COc1ccc(C)cc1C(F)(F)F. The van der Waals surface area contributed by atoms with Crippen LogP contribution in [0.3, 0.4) is 0 Å². The molecule has 0 heterocycles. The smallest absolute Gasteiger partial charge is 0.419 e. The van der Waals surface area contributed by atoms with Crippen molar-refractivity contribution in [3.05, 3.63) is 58.7 Å². The molecule has 2 aromatic carbocycles. The second kappa shape index (κ2) is 8.09. The number of benzene rings is 2. The van der Waals surface area contributed by atoms with Gasteiger partial charge in [0.2, 0.25) is 0 Å². The Balaban J connectivity index is 2.34. The van der Waals surface area contributed by atoms with Crippen LogP contribution < -0.4 is 10.1 Å². The normalized spacial score (nSPS) is 11.2. The van der Waals surface area contributed by atoms with Crippen LogP contribution in [0.25, 0.3) is 0 Å². The molecule has 8 heteroatoms. The van der Waals surface area contributed by atoms with E-state index in [-0.39, 0.29) is 24.7 Å². The van der Waals surface area contributed by atoms with Crippen LogP contribution in [0.2, 0.25) is 0 Å². The first-order valence-corrected chi connectivity index (χ1v) is 7.63. The Morgan fingerprint density at radius 3 is 2.58 bits per heavy atom. The second-order valence-corrected chi connectivity index (χ2v) is 5.50. The number of carbonyl (C=O) groups is 1. The van der Waals surface area contributed by atoms with Crippen LogP contribution in [0.15, 0.2) is 36.4 Å². The highest BCUT2D eigenvalue weighted by Gasteiger charge is 2.34. The van der Waals surface area contributed by atoms with Gasteiger partial charge in [0, 0.05) is 5.56 Å². The molecule has 0 unspecified atom stereocenters. The Labute approximate surface area is 148 Å². The van der Waals surface area contributed by atoms with Gasteiger partial charge in [-0.25, -0.2) is 4.79 Å². The van der Waals surface area contributed by atoms with Gasteiger partial charge in [-0.1, -0.05) is 23.8 Å². The summed E-state index contributed by atoms with van der Waals surface area (Å²) < 4.78 is 49.5. The van der Waals surface area contributed by atoms with Crippen molar-refractivity contribution in [3.8, 4) is 5.75 Å². The number of carbonyl (C=O) groups excluding carboxylic acids is 1. The zero-order valence-electron chi connectivity index (χ0n) is 14.2. The number of hydrogen-bond donors (Lipinski definition) is 2. The molecular weight excluding hydrogens is 351 g/mol. The summed E-state index contributed by atoms with van der Waals surface area (Å²) in [4.78, 5) is 11.4. The number of ether oxygens (including phenoxy) is 2. The zero-order valence-corrected chi connectivity index (χ0v) is 14.2. The van der Waals surface area contributed by atoms with Gasteiger partial charge in [0.15, 0.2) is 0 Å². The van der Waals surface area contributed by atoms with E-state index in [2.05, 4.69) is 10.1 Å². The van der Waals surface area contributed by atoms with Crippen molar-refractivity contribution in [2.24, 2.45) is 0 Å².